The van der Waals surface area contributed by atoms with Crippen LogP contribution in [0.1, 0.15) is 5.56 Å². The number of nitrogens with one attached hydrogen (secondary N) is 1. The molecule has 0 aliphatic rings. The van der Waals surface area contributed by atoms with Gasteiger partial charge in [-0.05, 0) is 6.26 Å². The van der Waals surface area contributed by atoms with Crippen LogP contribution in [0.4, 0.5) is 13.2 Å². The Balaban J connectivity index is 2.83. The number of halogens is 3. The van der Waals surface area contributed by atoms with Gasteiger partial charge in [-0.25, -0.2) is 4.98 Å². The third-order valence-electron chi connectivity index (χ3n) is 1.89. The topological polar surface area (TPSA) is 45.8 Å². The van der Waals surface area contributed by atoms with E-state index in [9.17, 15) is 18.0 Å². The third kappa shape index (κ3) is 1.82. The highest BCUT2D eigenvalue weighted by Crippen LogP contribution is 2.37. The number of nitrogens with zero attached hydrogens (tertiary/aromatic N) is 1. The van der Waals surface area contributed by atoms with Crippen molar-refractivity contribution in [2.45, 2.75) is 10.5 Å². The summed E-state index contributed by atoms with van der Waals surface area (Å²) < 4.78 is 38.2. The van der Waals surface area contributed by atoms with Gasteiger partial charge >= 0.3 is 6.18 Å². The minimum atomic E-state index is -4.48. The summed E-state index contributed by atoms with van der Waals surface area (Å²) in [6, 6.07) is 0. The van der Waals surface area contributed by atoms with E-state index in [1.807, 2.05) is 4.98 Å². The predicted octanol–water partition coefficient (Wildman–Crippen LogP) is 2.73. The quantitative estimate of drug-likeness (QED) is 0.807. The molecule has 0 aliphatic heterocycles. The minimum Gasteiger partial charge on any atom is -0.327 e. The van der Waals surface area contributed by atoms with Crippen molar-refractivity contribution in [2.24, 2.45) is 0 Å². The van der Waals surface area contributed by atoms with Crippen LogP contribution in [-0.2, 0) is 6.18 Å². The summed E-state index contributed by atoms with van der Waals surface area (Å²) >= 11 is 2.09. The Bertz CT molecular complexity index is 587. The van der Waals surface area contributed by atoms with E-state index < -0.39 is 17.3 Å². The number of rotatable bonds is 1. The average molecular weight is 266 g/mol. The van der Waals surface area contributed by atoms with E-state index in [2.05, 4.69) is 4.98 Å². The lowest BCUT2D eigenvalue weighted by Crippen LogP contribution is -2.12. The van der Waals surface area contributed by atoms with Crippen molar-refractivity contribution in [1.29, 1.82) is 0 Å². The first-order chi connectivity index (χ1) is 7.43. The Labute approximate surface area is 95.7 Å². The number of H-pyrrole nitrogens is 1. The first kappa shape index (κ1) is 11.5. The van der Waals surface area contributed by atoms with Crippen molar-refractivity contribution >= 4 is 33.3 Å². The van der Waals surface area contributed by atoms with E-state index in [1.54, 1.807) is 6.26 Å². The van der Waals surface area contributed by atoms with E-state index in [4.69, 9.17) is 0 Å². The maximum Gasteiger partial charge on any atom is 0.419 e. The van der Waals surface area contributed by atoms with Crippen LogP contribution < -0.4 is 5.56 Å². The molecule has 0 saturated heterocycles. The molecule has 0 bridgehead atoms. The molecule has 0 aromatic carbocycles. The van der Waals surface area contributed by atoms with Crippen LogP contribution in [0, 0.1) is 0 Å². The Morgan fingerprint density at radius 3 is 2.75 bits per heavy atom. The number of pyridine rings is 1. The van der Waals surface area contributed by atoms with Gasteiger partial charge in [-0.1, -0.05) is 11.8 Å². The van der Waals surface area contributed by atoms with Crippen molar-refractivity contribution in [3.05, 3.63) is 22.1 Å². The number of aromatic nitrogens is 2. The molecule has 0 spiro atoms. The number of alkyl halides is 3. The average Bonchev–Trinajstić information content (AvgIpc) is 2.60. The van der Waals surface area contributed by atoms with Gasteiger partial charge in [-0.3, -0.25) is 4.79 Å². The molecule has 8 heteroatoms. The number of thiazole rings is 1. The van der Waals surface area contributed by atoms with Crippen molar-refractivity contribution < 1.29 is 13.2 Å². The van der Waals surface area contributed by atoms with Gasteiger partial charge in [0.05, 0.1) is 10.3 Å². The summed E-state index contributed by atoms with van der Waals surface area (Å²) in [5.41, 5.74) is -1.59. The zero-order valence-electron chi connectivity index (χ0n) is 7.88. The molecule has 0 atom stereocenters. The predicted molar refractivity (Wildman–Crippen MR) is 57.0 cm³/mol. The summed E-state index contributed by atoms with van der Waals surface area (Å²) in [4.78, 5) is 17.2. The molecule has 0 unspecified atom stereocenters. The lowest BCUT2D eigenvalue weighted by Gasteiger charge is -2.05. The third-order valence-corrected chi connectivity index (χ3v) is 3.97. The fraction of sp³-hybridized carbons (Fsp3) is 0.250. The normalized spacial score (nSPS) is 12.2. The summed E-state index contributed by atoms with van der Waals surface area (Å²) in [6.45, 7) is 0. The van der Waals surface area contributed by atoms with Crippen LogP contribution in [0.15, 0.2) is 15.3 Å². The van der Waals surface area contributed by atoms with E-state index in [0.29, 0.717) is 10.5 Å². The zero-order valence-corrected chi connectivity index (χ0v) is 9.52. The molecule has 2 heterocycles. The summed E-state index contributed by atoms with van der Waals surface area (Å²) in [5, 5.41) is 0. The van der Waals surface area contributed by atoms with Crippen molar-refractivity contribution in [1.82, 2.24) is 9.97 Å². The molecule has 0 fully saturated rings. The standard InChI is InChI=1S/C8H5F3N2OS2/c1-15-7-13-4-5(16-7)3(8(9,10)11)2-12-6(4)14/h2H,1H3,(H,12,14). The van der Waals surface area contributed by atoms with Crippen LogP contribution in [0.2, 0.25) is 0 Å². The van der Waals surface area contributed by atoms with Crippen molar-refractivity contribution in [3.8, 4) is 0 Å². The van der Waals surface area contributed by atoms with Crippen LogP contribution >= 0.6 is 23.1 Å². The van der Waals surface area contributed by atoms with Gasteiger partial charge < -0.3 is 4.98 Å². The SMILES string of the molecule is CSc1nc2c(=O)[nH]cc(C(F)(F)F)c2s1. The second-order valence-electron chi connectivity index (χ2n) is 2.89. The molecule has 16 heavy (non-hydrogen) atoms. The second kappa shape index (κ2) is 3.77. The summed E-state index contributed by atoms with van der Waals surface area (Å²) in [7, 11) is 0. The lowest BCUT2D eigenvalue weighted by molar-refractivity contribution is -0.136. The maximum atomic E-state index is 12.6. The largest absolute Gasteiger partial charge is 0.419 e. The van der Waals surface area contributed by atoms with Crippen molar-refractivity contribution in [2.75, 3.05) is 6.26 Å². The molecule has 0 radical (unpaired) electrons. The number of fused-ring (bicyclic) bond motifs is 1. The Kier molecular flexibility index (Phi) is 2.70. The fourth-order valence-electron chi connectivity index (χ4n) is 1.21. The van der Waals surface area contributed by atoms with Crippen LogP contribution in [0.5, 0.6) is 0 Å². The highest BCUT2D eigenvalue weighted by atomic mass is 32.2. The molecule has 86 valence electrons. The van der Waals surface area contributed by atoms with E-state index >= 15 is 0 Å². The van der Waals surface area contributed by atoms with Crippen LogP contribution in [0.3, 0.4) is 0 Å². The Morgan fingerprint density at radius 2 is 2.19 bits per heavy atom. The van der Waals surface area contributed by atoms with Gasteiger partial charge in [0.2, 0.25) is 0 Å². The first-order valence-electron chi connectivity index (χ1n) is 4.07. The summed E-state index contributed by atoms with van der Waals surface area (Å²) in [5.74, 6) is 0. The van der Waals surface area contributed by atoms with Gasteiger partial charge in [0.15, 0.2) is 4.34 Å². The lowest BCUT2D eigenvalue weighted by atomic mass is 10.2. The number of thioether (sulfide) groups is 1. The highest BCUT2D eigenvalue weighted by molar-refractivity contribution is 8.00. The molecule has 0 amide bonds. The molecule has 2 aromatic rings. The van der Waals surface area contributed by atoms with Gasteiger partial charge in [0, 0.05) is 6.20 Å². The second-order valence-corrected chi connectivity index (χ2v) is 4.94. The zero-order chi connectivity index (χ0) is 11.9. The first-order valence-corrected chi connectivity index (χ1v) is 6.11. The number of aromatic amines is 1. The van der Waals surface area contributed by atoms with Gasteiger partial charge in [-0.15, -0.1) is 11.3 Å². The molecular formula is C8H5F3N2OS2. The van der Waals surface area contributed by atoms with E-state index in [0.717, 1.165) is 11.3 Å². The number of hydrogen-bond donors (Lipinski definition) is 1. The monoisotopic (exact) mass is 266 g/mol. The Morgan fingerprint density at radius 1 is 1.50 bits per heavy atom. The molecule has 1 N–H and O–H groups in total. The molecular weight excluding hydrogens is 261 g/mol. The molecule has 0 saturated carbocycles. The maximum absolute atomic E-state index is 12.6. The summed E-state index contributed by atoms with van der Waals surface area (Å²) in [6.07, 6.45) is -2.10. The highest BCUT2D eigenvalue weighted by Gasteiger charge is 2.34. The van der Waals surface area contributed by atoms with Gasteiger partial charge in [0.1, 0.15) is 5.52 Å². The number of hydrogen-bond acceptors (Lipinski definition) is 4. The van der Waals surface area contributed by atoms with Crippen LogP contribution in [0.25, 0.3) is 10.2 Å². The van der Waals surface area contributed by atoms with E-state index in [-0.39, 0.29) is 10.2 Å². The van der Waals surface area contributed by atoms with E-state index in [1.165, 1.54) is 11.8 Å². The van der Waals surface area contributed by atoms with Crippen molar-refractivity contribution in [3.63, 3.8) is 0 Å². The Hall–Kier alpha value is -1.02. The molecule has 2 aromatic heterocycles. The fourth-order valence-corrected chi connectivity index (χ4v) is 2.80. The minimum absolute atomic E-state index is 0.111. The molecule has 3 nitrogen and oxygen atoms in total. The van der Waals surface area contributed by atoms with Gasteiger partial charge in [-0.2, -0.15) is 13.2 Å². The molecule has 2 rings (SSSR count). The van der Waals surface area contributed by atoms with Gasteiger partial charge in [0.25, 0.3) is 5.56 Å². The molecule has 0 aliphatic carbocycles. The smallest absolute Gasteiger partial charge is 0.327 e. The van der Waals surface area contributed by atoms with Crippen LogP contribution in [-0.4, -0.2) is 16.2 Å².